The van der Waals surface area contributed by atoms with Crippen LogP contribution < -0.4 is 10.6 Å². The van der Waals surface area contributed by atoms with E-state index < -0.39 is 0 Å². The van der Waals surface area contributed by atoms with Crippen molar-refractivity contribution in [2.45, 2.75) is 37.8 Å². The van der Waals surface area contributed by atoms with Crippen LogP contribution in [0.4, 0.5) is 0 Å². The Morgan fingerprint density at radius 1 is 1.25 bits per heavy atom. The van der Waals surface area contributed by atoms with Crippen LogP contribution in [0.25, 0.3) is 0 Å². The monoisotopic (exact) mass is 223 g/mol. The molecule has 4 fully saturated rings. The molecule has 4 nitrogen and oxygen atoms in total. The number of amides is 1. The lowest BCUT2D eigenvalue weighted by Crippen LogP contribution is -2.59. The van der Waals surface area contributed by atoms with Crippen LogP contribution in [0.1, 0.15) is 25.7 Å². The molecule has 1 amide bonds. The lowest BCUT2D eigenvalue weighted by atomic mass is 9.84. The molecule has 2 N–H and O–H groups in total. The largest absolute Gasteiger partial charge is 0.350 e. The second-order valence-corrected chi connectivity index (χ2v) is 5.40. The Hall–Kier alpha value is -0.610. The van der Waals surface area contributed by atoms with Crippen LogP contribution in [0.5, 0.6) is 0 Å². The first-order chi connectivity index (χ1) is 7.83. The summed E-state index contributed by atoms with van der Waals surface area (Å²) in [5.41, 5.74) is 0. The highest BCUT2D eigenvalue weighted by molar-refractivity contribution is 5.82. The molecule has 90 valence electrons. The molecule has 0 radical (unpaired) electrons. The molecule has 1 unspecified atom stereocenters. The van der Waals surface area contributed by atoms with E-state index in [1.54, 1.807) is 0 Å². The van der Waals surface area contributed by atoms with Crippen molar-refractivity contribution in [2.24, 2.45) is 5.92 Å². The van der Waals surface area contributed by atoms with E-state index in [1.807, 2.05) is 0 Å². The third-order valence-electron chi connectivity index (χ3n) is 4.36. The minimum Gasteiger partial charge on any atom is -0.350 e. The summed E-state index contributed by atoms with van der Waals surface area (Å²) in [4.78, 5) is 14.5. The molecule has 4 rings (SSSR count). The molecular weight excluding hydrogens is 202 g/mol. The molecule has 16 heavy (non-hydrogen) atoms. The van der Waals surface area contributed by atoms with Crippen LogP contribution in [0, 0.1) is 5.92 Å². The number of carbonyl (C=O) groups is 1. The fourth-order valence-electron chi connectivity index (χ4n) is 3.32. The molecule has 4 heterocycles. The summed E-state index contributed by atoms with van der Waals surface area (Å²) >= 11 is 0. The molecule has 0 aromatic rings. The van der Waals surface area contributed by atoms with Crippen molar-refractivity contribution in [1.29, 1.82) is 0 Å². The predicted molar refractivity (Wildman–Crippen MR) is 62.1 cm³/mol. The van der Waals surface area contributed by atoms with Crippen LogP contribution in [-0.2, 0) is 4.79 Å². The highest BCUT2D eigenvalue weighted by Gasteiger charge is 2.36. The van der Waals surface area contributed by atoms with Gasteiger partial charge in [-0.25, -0.2) is 0 Å². The fraction of sp³-hybridized carbons (Fsp3) is 0.917. The van der Waals surface area contributed by atoms with Crippen molar-refractivity contribution in [2.75, 3.05) is 26.2 Å². The number of fused-ring (bicyclic) bond motifs is 3. The lowest BCUT2D eigenvalue weighted by molar-refractivity contribution is -0.124. The van der Waals surface area contributed by atoms with Gasteiger partial charge in [0.15, 0.2) is 0 Å². The number of hydrogen-bond donors (Lipinski definition) is 2. The molecule has 2 bridgehead atoms. The quantitative estimate of drug-likeness (QED) is 0.690. The first-order valence-electron chi connectivity index (χ1n) is 6.59. The zero-order valence-electron chi connectivity index (χ0n) is 9.74. The summed E-state index contributed by atoms with van der Waals surface area (Å²) in [6.07, 6.45) is 4.68. The Bertz CT molecular complexity index is 267. The van der Waals surface area contributed by atoms with E-state index in [9.17, 15) is 4.79 Å². The lowest BCUT2D eigenvalue weighted by Gasteiger charge is -2.45. The molecule has 0 spiro atoms. The Labute approximate surface area is 96.8 Å². The highest BCUT2D eigenvalue weighted by atomic mass is 16.2. The number of carbonyl (C=O) groups excluding carboxylic acids is 1. The van der Waals surface area contributed by atoms with Crippen LogP contribution in [-0.4, -0.2) is 49.1 Å². The maximum Gasteiger partial charge on any atom is 0.237 e. The van der Waals surface area contributed by atoms with E-state index in [2.05, 4.69) is 15.5 Å². The van der Waals surface area contributed by atoms with Gasteiger partial charge in [-0.05, 0) is 51.2 Å². The Morgan fingerprint density at radius 3 is 2.62 bits per heavy atom. The second kappa shape index (κ2) is 4.34. The van der Waals surface area contributed by atoms with Crippen molar-refractivity contribution in [3.63, 3.8) is 0 Å². The van der Waals surface area contributed by atoms with Gasteiger partial charge in [0, 0.05) is 12.6 Å². The minimum absolute atomic E-state index is 0.0791. The third-order valence-corrected chi connectivity index (χ3v) is 4.36. The van der Waals surface area contributed by atoms with Crippen molar-refractivity contribution in [3.8, 4) is 0 Å². The zero-order chi connectivity index (χ0) is 11.0. The van der Waals surface area contributed by atoms with Crippen LogP contribution in [0.3, 0.4) is 0 Å². The maximum atomic E-state index is 12.0. The van der Waals surface area contributed by atoms with E-state index in [4.69, 9.17) is 0 Å². The topological polar surface area (TPSA) is 44.4 Å². The van der Waals surface area contributed by atoms with E-state index in [-0.39, 0.29) is 11.9 Å². The third kappa shape index (κ3) is 1.96. The van der Waals surface area contributed by atoms with Crippen molar-refractivity contribution in [3.05, 3.63) is 0 Å². The number of hydrogen-bond acceptors (Lipinski definition) is 3. The van der Waals surface area contributed by atoms with Crippen molar-refractivity contribution >= 4 is 5.91 Å². The van der Waals surface area contributed by atoms with Gasteiger partial charge >= 0.3 is 0 Å². The predicted octanol–water partition coefficient (Wildman–Crippen LogP) is -0.0512. The Kier molecular flexibility index (Phi) is 2.86. The number of rotatable bonds is 2. The zero-order valence-corrected chi connectivity index (χ0v) is 9.74. The van der Waals surface area contributed by atoms with E-state index in [1.165, 1.54) is 25.9 Å². The normalized spacial score (nSPS) is 42.2. The van der Waals surface area contributed by atoms with Gasteiger partial charge < -0.3 is 15.5 Å². The average molecular weight is 223 g/mol. The summed E-state index contributed by atoms with van der Waals surface area (Å²) < 4.78 is 0. The van der Waals surface area contributed by atoms with E-state index in [0.717, 1.165) is 31.8 Å². The molecule has 4 aliphatic rings. The molecule has 0 saturated carbocycles. The number of nitrogens with one attached hydrogen (secondary N) is 2. The second-order valence-electron chi connectivity index (χ2n) is 5.40. The Balaban J connectivity index is 1.56. The summed E-state index contributed by atoms with van der Waals surface area (Å²) in [7, 11) is 0. The molecule has 0 aromatic carbocycles. The van der Waals surface area contributed by atoms with Crippen molar-refractivity contribution < 1.29 is 4.79 Å². The molecule has 0 aliphatic carbocycles. The summed E-state index contributed by atoms with van der Waals surface area (Å²) in [5.74, 6) is 0.964. The first-order valence-corrected chi connectivity index (χ1v) is 6.59. The maximum absolute atomic E-state index is 12.0. The van der Waals surface area contributed by atoms with Gasteiger partial charge in [-0.15, -0.1) is 0 Å². The molecule has 4 heteroatoms. The van der Waals surface area contributed by atoms with Gasteiger partial charge in [0.2, 0.25) is 5.91 Å². The van der Waals surface area contributed by atoms with Crippen LogP contribution >= 0.6 is 0 Å². The first kappa shape index (κ1) is 10.5. The summed E-state index contributed by atoms with van der Waals surface area (Å²) in [5, 5.41) is 6.51. The average Bonchev–Trinajstić information content (AvgIpc) is 2.84. The number of piperidine rings is 3. The van der Waals surface area contributed by atoms with E-state index in [0.29, 0.717) is 6.04 Å². The van der Waals surface area contributed by atoms with Gasteiger partial charge in [-0.1, -0.05) is 0 Å². The van der Waals surface area contributed by atoms with E-state index >= 15 is 0 Å². The van der Waals surface area contributed by atoms with Gasteiger partial charge in [0.25, 0.3) is 0 Å². The molecule has 2 atom stereocenters. The number of nitrogens with zero attached hydrogens (tertiary/aromatic N) is 1. The molecule has 0 aromatic heterocycles. The summed E-state index contributed by atoms with van der Waals surface area (Å²) in [6, 6.07) is 0.493. The molecule has 4 saturated heterocycles. The highest BCUT2D eigenvalue weighted by Crippen LogP contribution is 2.27. The fourth-order valence-corrected chi connectivity index (χ4v) is 3.32. The molecular formula is C12H21N3O. The van der Waals surface area contributed by atoms with Crippen molar-refractivity contribution in [1.82, 2.24) is 15.5 Å². The van der Waals surface area contributed by atoms with Crippen LogP contribution in [0.15, 0.2) is 0 Å². The van der Waals surface area contributed by atoms with Gasteiger partial charge in [0.05, 0.1) is 6.04 Å². The van der Waals surface area contributed by atoms with Gasteiger partial charge in [0.1, 0.15) is 0 Å². The molecule has 4 aliphatic heterocycles. The summed E-state index contributed by atoms with van der Waals surface area (Å²) in [6.45, 7) is 4.54. The smallest absolute Gasteiger partial charge is 0.237 e. The SMILES string of the molecule is O=C(NC1CN2CCC1CC2)[C@H]1CCCN1. The van der Waals surface area contributed by atoms with Gasteiger partial charge in [-0.3, -0.25) is 4.79 Å². The minimum atomic E-state index is 0.0791. The Morgan fingerprint density at radius 2 is 2.06 bits per heavy atom. The standard InChI is InChI=1S/C12H21N3O/c16-12(10-2-1-5-13-10)14-11-8-15-6-3-9(11)4-7-15/h9-11,13H,1-8H2,(H,14,16)/t10-,11?/m1/s1. The van der Waals surface area contributed by atoms with Crippen LogP contribution in [0.2, 0.25) is 0 Å². The van der Waals surface area contributed by atoms with Gasteiger partial charge in [-0.2, -0.15) is 0 Å².